The smallest absolute Gasteiger partial charge is 0.310 e. The Bertz CT molecular complexity index is 632. The maximum absolute atomic E-state index is 11.5. The molecular formula is C20H24O3. The SMILES string of the molecule is CCc1ccc(OCCCC(C(=O)O)c2ccccc2C)cc1. The molecule has 0 fully saturated rings. The molecule has 1 unspecified atom stereocenters. The standard InChI is InChI=1S/C20H24O3/c1-3-16-10-12-17(13-11-16)23-14-6-9-19(20(21)22)18-8-5-4-7-15(18)2/h4-5,7-8,10-13,19H,3,6,9,14H2,1-2H3,(H,21,22). The summed E-state index contributed by atoms with van der Waals surface area (Å²) >= 11 is 0. The van der Waals surface area contributed by atoms with E-state index in [1.807, 2.05) is 43.3 Å². The summed E-state index contributed by atoms with van der Waals surface area (Å²) in [5, 5.41) is 9.48. The molecule has 0 amide bonds. The average Bonchev–Trinajstić information content (AvgIpc) is 2.56. The number of hydrogen-bond donors (Lipinski definition) is 1. The molecule has 0 saturated heterocycles. The van der Waals surface area contributed by atoms with Crippen LogP contribution in [0.3, 0.4) is 0 Å². The van der Waals surface area contributed by atoms with E-state index in [1.54, 1.807) is 0 Å². The van der Waals surface area contributed by atoms with Crippen molar-refractivity contribution in [2.45, 2.75) is 39.0 Å². The maximum atomic E-state index is 11.5. The number of rotatable bonds is 8. The van der Waals surface area contributed by atoms with E-state index in [2.05, 4.69) is 19.1 Å². The zero-order valence-corrected chi connectivity index (χ0v) is 13.8. The van der Waals surface area contributed by atoms with Crippen LogP contribution in [0.15, 0.2) is 48.5 Å². The van der Waals surface area contributed by atoms with Gasteiger partial charge in [0.15, 0.2) is 0 Å². The summed E-state index contributed by atoms with van der Waals surface area (Å²) in [5.74, 6) is -0.404. The molecule has 0 spiro atoms. The van der Waals surface area contributed by atoms with Gasteiger partial charge >= 0.3 is 5.97 Å². The van der Waals surface area contributed by atoms with E-state index in [-0.39, 0.29) is 0 Å². The number of aryl methyl sites for hydroxylation is 2. The van der Waals surface area contributed by atoms with Crippen molar-refractivity contribution in [3.8, 4) is 5.75 Å². The summed E-state index contributed by atoms with van der Waals surface area (Å²) in [7, 11) is 0. The monoisotopic (exact) mass is 312 g/mol. The number of carbonyl (C=O) groups is 1. The molecule has 122 valence electrons. The number of benzene rings is 2. The van der Waals surface area contributed by atoms with Crippen LogP contribution >= 0.6 is 0 Å². The quantitative estimate of drug-likeness (QED) is 0.725. The van der Waals surface area contributed by atoms with Crippen LogP contribution in [0, 0.1) is 6.92 Å². The number of ether oxygens (including phenoxy) is 1. The highest BCUT2D eigenvalue weighted by Crippen LogP contribution is 2.25. The third-order valence-electron chi connectivity index (χ3n) is 4.10. The molecule has 3 nitrogen and oxygen atoms in total. The van der Waals surface area contributed by atoms with E-state index in [1.165, 1.54) is 5.56 Å². The summed E-state index contributed by atoms with van der Waals surface area (Å²) in [6.45, 7) is 4.60. The first-order chi connectivity index (χ1) is 11.1. The van der Waals surface area contributed by atoms with Crippen molar-refractivity contribution in [2.75, 3.05) is 6.61 Å². The van der Waals surface area contributed by atoms with Gasteiger partial charge in [-0.05, 0) is 55.0 Å². The van der Waals surface area contributed by atoms with Crippen LogP contribution in [-0.2, 0) is 11.2 Å². The van der Waals surface area contributed by atoms with Gasteiger partial charge in [0.05, 0.1) is 12.5 Å². The largest absolute Gasteiger partial charge is 0.494 e. The number of carboxylic acid groups (broad SMARTS) is 1. The van der Waals surface area contributed by atoms with Gasteiger partial charge in [0.2, 0.25) is 0 Å². The Morgan fingerprint density at radius 3 is 2.43 bits per heavy atom. The number of hydrogen-bond acceptors (Lipinski definition) is 2. The van der Waals surface area contributed by atoms with Gasteiger partial charge in [0, 0.05) is 0 Å². The molecule has 0 aromatic heterocycles. The van der Waals surface area contributed by atoms with E-state index in [9.17, 15) is 9.90 Å². The second-order valence-corrected chi connectivity index (χ2v) is 5.74. The van der Waals surface area contributed by atoms with Crippen LogP contribution in [0.25, 0.3) is 0 Å². The molecular weight excluding hydrogens is 288 g/mol. The summed E-state index contributed by atoms with van der Waals surface area (Å²) in [5.41, 5.74) is 3.20. The minimum atomic E-state index is -0.772. The van der Waals surface area contributed by atoms with E-state index in [0.29, 0.717) is 19.4 Å². The highest BCUT2D eigenvalue weighted by Gasteiger charge is 2.20. The second-order valence-electron chi connectivity index (χ2n) is 5.74. The molecule has 1 N–H and O–H groups in total. The lowest BCUT2D eigenvalue weighted by molar-refractivity contribution is -0.139. The van der Waals surface area contributed by atoms with Crippen LogP contribution in [0.4, 0.5) is 0 Å². The van der Waals surface area contributed by atoms with Crippen molar-refractivity contribution in [1.29, 1.82) is 0 Å². The predicted molar refractivity (Wildman–Crippen MR) is 92.1 cm³/mol. The lowest BCUT2D eigenvalue weighted by Gasteiger charge is -2.15. The Kier molecular flexibility index (Phi) is 6.21. The Hall–Kier alpha value is -2.29. The van der Waals surface area contributed by atoms with E-state index in [0.717, 1.165) is 23.3 Å². The molecule has 23 heavy (non-hydrogen) atoms. The van der Waals surface area contributed by atoms with Gasteiger partial charge in [0.25, 0.3) is 0 Å². The Morgan fingerprint density at radius 1 is 1.13 bits per heavy atom. The molecule has 1 atom stereocenters. The van der Waals surface area contributed by atoms with Gasteiger partial charge < -0.3 is 9.84 Å². The molecule has 2 aromatic carbocycles. The van der Waals surface area contributed by atoms with Crippen molar-refractivity contribution >= 4 is 5.97 Å². The molecule has 2 rings (SSSR count). The molecule has 0 aliphatic rings. The maximum Gasteiger partial charge on any atom is 0.310 e. The van der Waals surface area contributed by atoms with Crippen LogP contribution in [0.1, 0.15) is 42.4 Å². The average molecular weight is 312 g/mol. The zero-order valence-electron chi connectivity index (χ0n) is 13.8. The van der Waals surface area contributed by atoms with Gasteiger partial charge in [-0.25, -0.2) is 0 Å². The first-order valence-corrected chi connectivity index (χ1v) is 8.12. The van der Waals surface area contributed by atoms with Crippen molar-refractivity contribution < 1.29 is 14.6 Å². The molecule has 0 radical (unpaired) electrons. The van der Waals surface area contributed by atoms with Gasteiger partial charge in [-0.2, -0.15) is 0 Å². The first-order valence-electron chi connectivity index (χ1n) is 8.12. The first kappa shape index (κ1) is 17.1. The van der Waals surface area contributed by atoms with Crippen molar-refractivity contribution in [2.24, 2.45) is 0 Å². The zero-order chi connectivity index (χ0) is 16.7. The van der Waals surface area contributed by atoms with Crippen LogP contribution in [-0.4, -0.2) is 17.7 Å². The lowest BCUT2D eigenvalue weighted by atomic mass is 9.91. The van der Waals surface area contributed by atoms with Crippen molar-refractivity contribution in [3.63, 3.8) is 0 Å². The molecule has 0 aliphatic carbocycles. The molecule has 3 heteroatoms. The fourth-order valence-electron chi connectivity index (χ4n) is 2.69. The topological polar surface area (TPSA) is 46.5 Å². The minimum Gasteiger partial charge on any atom is -0.494 e. The molecule has 0 aliphatic heterocycles. The van der Waals surface area contributed by atoms with E-state index in [4.69, 9.17) is 4.74 Å². The number of carboxylic acids is 1. The van der Waals surface area contributed by atoms with Crippen LogP contribution in [0.5, 0.6) is 5.75 Å². The summed E-state index contributed by atoms with van der Waals surface area (Å²) in [6, 6.07) is 15.7. The van der Waals surface area contributed by atoms with Gasteiger partial charge in [0.1, 0.15) is 5.75 Å². The minimum absolute atomic E-state index is 0.470. The fraction of sp³-hybridized carbons (Fsp3) is 0.350. The highest BCUT2D eigenvalue weighted by molar-refractivity contribution is 5.76. The van der Waals surface area contributed by atoms with Crippen molar-refractivity contribution in [3.05, 3.63) is 65.2 Å². The normalized spacial score (nSPS) is 11.9. The predicted octanol–water partition coefficient (Wildman–Crippen LogP) is 4.58. The Balaban J connectivity index is 1.87. The lowest BCUT2D eigenvalue weighted by Crippen LogP contribution is -2.14. The van der Waals surface area contributed by atoms with Crippen LogP contribution < -0.4 is 4.74 Å². The summed E-state index contributed by atoms with van der Waals surface area (Å²) in [6.07, 6.45) is 2.30. The Labute approximate surface area is 137 Å². The van der Waals surface area contributed by atoms with E-state index >= 15 is 0 Å². The fourth-order valence-corrected chi connectivity index (χ4v) is 2.69. The molecule has 0 saturated carbocycles. The molecule has 0 bridgehead atoms. The molecule has 2 aromatic rings. The second kappa shape index (κ2) is 8.37. The number of aliphatic carboxylic acids is 1. The van der Waals surface area contributed by atoms with Crippen LogP contribution in [0.2, 0.25) is 0 Å². The van der Waals surface area contributed by atoms with Gasteiger partial charge in [-0.15, -0.1) is 0 Å². The van der Waals surface area contributed by atoms with E-state index < -0.39 is 11.9 Å². The third kappa shape index (κ3) is 4.85. The summed E-state index contributed by atoms with van der Waals surface area (Å²) in [4.78, 5) is 11.5. The van der Waals surface area contributed by atoms with Gasteiger partial charge in [-0.1, -0.05) is 43.3 Å². The Morgan fingerprint density at radius 2 is 1.83 bits per heavy atom. The third-order valence-corrected chi connectivity index (χ3v) is 4.10. The van der Waals surface area contributed by atoms with Crippen molar-refractivity contribution in [1.82, 2.24) is 0 Å². The van der Waals surface area contributed by atoms with Gasteiger partial charge in [-0.3, -0.25) is 4.79 Å². The highest BCUT2D eigenvalue weighted by atomic mass is 16.5. The molecule has 0 heterocycles. The summed E-state index contributed by atoms with van der Waals surface area (Å²) < 4.78 is 5.71.